The van der Waals surface area contributed by atoms with Crippen LogP contribution in [0.15, 0.2) is 6.20 Å². The van der Waals surface area contributed by atoms with Gasteiger partial charge in [-0.1, -0.05) is 6.92 Å². The molecule has 0 bridgehead atoms. The zero-order chi connectivity index (χ0) is 10.9. The fourth-order valence-corrected chi connectivity index (χ4v) is 2.66. The van der Waals surface area contributed by atoms with E-state index in [1.54, 1.807) is 0 Å². The van der Waals surface area contributed by atoms with Crippen LogP contribution >= 0.6 is 11.3 Å². The third-order valence-corrected chi connectivity index (χ3v) is 4.36. The lowest BCUT2D eigenvalue weighted by atomic mass is 9.99. The summed E-state index contributed by atoms with van der Waals surface area (Å²) in [5.74, 6) is 0.885. The first-order valence-electron chi connectivity index (χ1n) is 5.80. The van der Waals surface area contributed by atoms with E-state index in [1.807, 2.05) is 17.5 Å². The van der Waals surface area contributed by atoms with E-state index in [4.69, 9.17) is 0 Å². The van der Waals surface area contributed by atoms with Crippen LogP contribution in [0.5, 0.6) is 0 Å². The van der Waals surface area contributed by atoms with Crippen molar-refractivity contribution in [1.82, 2.24) is 10.3 Å². The highest BCUT2D eigenvalue weighted by molar-refractivity contribution is 7.11. The third-order valence-electron chi connectivity index (χ3n) is 3.22. The molecule has 0 radical (unpaired) electrons. The summed E-state index contributed by atoms with van der Waals surface area (Å²) < 4.78 is 0. The average molecular weight is 224 g/mol. The van der Waals surface area contributed by atoms with Crippen LogP contribution < -0.4 is 5.32 Å². The van der Waals surface area contributed by atoms with Crippen LogP contribution in [0.2, 0.25) is 0 Å². The van der Waals surface area contributed by atoms with Crippen LogP contribution in [0.1, 0.15) is 43.5 Å². The first-order valence-corrected chi connectivity index (χ1v) is 6.62. The van der Waals surface area contributed by atoms with Gasteiger partial charge in [0.2, 0.25) is 0 Å². The Morgan fingerprint density at radius 2 is 2.27 bits per heavy atom. The molecule has 15 heavy (non-hydrogen) atoms. The van der Waals surface area contributed by atoms with Crippen LogP contribution in [-0.2, 0) is 13.0 Å². The molecular weight excluding hydrogens is 204 g/mol. The summed E-state index contributed by atoms with van der Waals surface area (Å²) in [6.07, 6.45) is 5.85. The van der Waals surface area contributed by atoms with Crippen molar-refractivity contribution < 1.29 is 0 Å². The van der Waals surface area contributed by atoms with Crippen LogP contribution in [0.4, 0.5) is 0 Å². The minimum absolute atomic E-state index is 0.302. The summed E-state index contributed by atoms with van der Waals surface area (Å²) in [5.41, 5.74) is 0.302. The molecule has 3 heteroatoms. The minimum atomic E-state index is 0.302. The molecule has 1 aromatic rings. The molecule has 0 spiro atoms. The Morgan fingerprint density at radius 3 is 2.80 bits per heavy atom. The lowest BCUT2D eigenvalue weighted by Crippen LogP contribution is -2.40. The molecule has 0 aromatic carbocycles. The van der Waals surface area contributed by atoms with Crippen LogP contribution in [0, 0.1) is 5.92 Å². The normalized spacial score (nSPS) is 17.0. The van der Waals surface area contributed by atoms with Crippen molar-refractivity contribution in [2.45, 2.75) is 52.1 Å². The van der Waals surface area contributed by atoms with Gasteiger partial charge in [0.25, 0.3) is 0 Å². The summed E-state index contributed by atoms with van der Waals surface area (Å²) in [4.78, 5) is 5.74. The molecule has 1 heterocycles. The second kappa shape index (κ2) is 4.22. The van der Waals surface area contributed by atoms with E-state index in [2.05, 4.69) is 31.1 Å². The molecule has 1 N–H and O–H groups in total. The molecule has 1 aliphatic rings. The fourth-order valence-electron chi connectivity index (χ4n) is 1.86. The van der Waals surface area contributed by atoms with Gasteiger partial charge in [-0.25, -0.2) is 4.98 Å². The predicted molar refractivity (Wildman–Crippen MR) is 65.1 cm³/mol. The van der Waals surface area contributed by atoms with E-state index in [9.17, 15) is 0 Å². The third kappa shape index (κ3) is 2.79. The fraction of sp³-hybridized carbons (Fsp3) is 0.750. The lowest BCUT2D eigenvalue weighted by molar-refractivity contribution is 0.340. The highest BCUT2D eigenvalue weighted by Crippen LogP contribution is 2.39. The lowest BCUT2D eigenvalue weighted by Gasteiger charge is -2.25. The molecule has 2 nitrogen and oxygen atoms in total. The van der Waals surface area contributed by atoms with Gasteiger partial charge in [0.15, 0.2) is 0 Å². The Balaban J connectivity index is 1.86. The van der Waals surface area contributed by atoms with Crippen molar-refractivity contribution in [1.29, 1.82) is 0 Å². The molecule has 84 valence electrons. The number of nitrogens with one attached hydrogen (secondary N) is 1. The first kappa shape index (κ1) is 11.1. The standard InChI is InChI=1S/C12H20N2S/c1-4-11-13-7-10(15-11)8-14-12(2,3)9-5-6-9/h7,9,14H,4-6,8H2,1-3H3. The molecule has 0 atom stereocenters. The highest BCUT2D eigenvalue weighted by Gasteiger charge is 2.37. The van der Waals surface area contributed by atoms with Crippen molar-refractivity contribution >= 4 is 11.3 Å². The average Bonchev–Trinajstić information content (AvgIpc) is 2.96. The summed E-state index contributed by atoms with van der Waals surface area (Å²) in [7, 11) is 0. The summed E-state index contributed by atoms with van der Waals surface area (Å²) in [6.45, 7) is 7.75. The molecule has 0 saturated heterocycles. The Bertz CT molecular complexity index is 326. The van der Waals surface area contributed by atoms with Gasteiger partial charge in [-0.3, -0.25) is 0 Å². The van der Waals surface area contributed by atoms with Crippen molar-refractivity contribution in [3.63, 3.8) is 0 Å². The molecule has 0 aliphatic heterocycles. The van der Waals surface area contributed by atoms with Crippen LogP contribution in [-0.4, -0.2) is 10.5 Å². The minimum Gasteiger partial charge on any atom is -0.307 e. The van der Waals surface area contributed by atoms with Gasteiger partial charge in [-0.2, -0.15) is 0 Å². The van der Waals surface area contributed by atoms with Gasteiger partial charge >= 0.3 is 0 Å². The van der Waals surface area contributed by atoms with Crippen molar-refractivity contribution in [3.05, 3.63) is 16.1 Å². The molecule has 1 aromatic heterocycles. The van der Waals surface area contributed by atoms with Gasteiger partial charge < -0.3 is 5.32 Å². The maximum absolute atomic E-state index is 4.37. The van der Waals surface area contributed by atoms with Gasteiger partial charge in [0.05, 0.1) is 5.01 Å². The predicted octanol–water partition coefficient (Wildman–Crippen LogP) is 2.98. The highest BCUT2D eigenvalue weighted by atomic mass is 32.1. The quantitative estimate of drug-likeness (QED) is 0.831. The van der Waals surface area contributed by atoms with Crippen molar-refractivity contribution in [3.8, 4) is 0 Å². The summed E-state index contributed by atoms with van der Waals surface area (Å²) in [6, 6.07) is 0. The number of aryl methyl sites for hydroxylation is 1. The zero-order valence-corrected chi connectivity index (χ0v) is 10.7. The van der Waals surface area contributed by atoms with E-state index >= 15 is 0 Å². The smallest absolute Gasteiger partial charge is 0.0925 e. The summed E-state index contributed by atoms with van der Waals surface area (Å²) in [5, 5.41) is 4.89. The van der Waals surface area contributed by atoms with E-state index in [0.717, 1.165) is 18.9 Å². The topological polar surface area (TPSA) is 24.9 Å². The Kier molecular flexibility index (Phi) is 3.12. The van der Waals surface area contributed by atoms with Crippen LogP contribution in [0.25, 0.3) is 0 Å². The second-order valence-electron chi connectivity index (χ2n) is 4.92. The molecule has 0 unspecified atom stereocenters. The van der Waals surface area contributed by atoms with Gasteiger partial charge in [0.1, 0.15) is 0 Å². The molecule has 2 rings (SSSR count). The molecule has 1 aliphatic carbocycles. The van der Waals surface area contributed by atoms with E-state index in [0.29, 0.717) is 5.54 Å². The Morgan fingerprint density at radius 1 is 1.53 bits per heavy atom. The largest absolute Gasteiger partial charge is 0.307 e. The van der Waals surface area contributed by atoms with Gasteiger partial charge in [0, 0.05) is 23.2 Å². The molecule has 0 amide bonds. The SMILES string of the molecule is CCc1ncc(CNC(C)(C)C2CC2)s1. The second-order valence-corrected chi connectivity index (χ2v) is 6.12. The van der Waals surface area contributed by atoms with Gasteiger partial charge in [-0.15, -0.1) is 11.3 Å². The van der Waals surface area contributed by atoms with E-state index in [-0.39, 0.29) is 0 Å². The Hall–Kier alpha value is -0.410. The number of thiazole rings is 1. The Labute approximate surface area is 96.1 Å². The summed E-state index contributed by atoms with van der Waals surface area (Å²) >= 11 is 1.83. The van der Waals surface area contributed by atoms with Crippen LogP contribution in [0.3, 0.4) is 0 Å². The number of hydrogen-bond acceptors (Lipinski definition) is 3. The number of rotatable bonds is 5. The van der Waals surface area contributed by atoms with E-state index < -0.39 is 0 Å². The molecular formula is C12H20N2S. The van der Waals surface area contributed by atoms with Gasteiger partial charge in [-0.05, 0) is 39.0 Å². The maximum atomic E-state index is 4.37. The first-order chi connectivity index (χ1) is 7.12. The molecule has 1 fully saturated rings. The number of aromatic nitrogens is 1. The monoisotopic (exact) mass is 224 g/mol. The number of hydrogen-bond donors (Lipinski definition) is 1. The van der Waals surface area contributed by atoms with Crippen molar-refractivity contribution in [2.24, 2.45) is 5.92 Å². The maximum Gasteiger partial charge on any atom is 0.0925 e. The molecule has 1 saturated carbocycles. The zero-order valence-electron chi connectivity index (χ0n) is 9.84. The van der Waals surface area contributed by atoms with E-state index in [1.165, 1.54) is 22.7 Å². The number of nitrogens with zero attached hydrogens (tertiary/aromatic N) is 1. The van der Waals surface area contributed by atoms with Crippen molar-refractivity contribution in [2.75, 3.05) is 0 Å².